The Morgan fingerprint density at radius 2 is 1.50 bits per heavy atom. The van der Waals surface area contributed by atoms with Gasteiger partial charge in [-0.05, 0) is 36.4 Å². The number of rotatable bonds is 8. The van der Waals surface area contributed by atoms with Crippen LogP contribution in [0.3, 0.4) is 0 Å². The molecular weight excluding hydrogens is 458 g/mol. The molecule has 0 atom stereocenters. The summed E-state index contributed by atoms with van der Waals surface area (Å²) in [6.07, 6.45) is 0.946. The van der Waals surface area contributed by atoms with Crippen molar-refractivity contribution in [2.75, 3.05) is 26.1 Å². The zero-order chi connectivity index (χ0) is 22.1. The molecule has 2 aromatic rings. The molecule has 0 aliphatic rings. The number of ether oxygens (including phenoxy) is 3. The molecule has 1 N–H and O–H groups in total. The lowest BCUT2D eigenvalue weighted by Crippen LogP contribution is -2.16. The second kappa shape index (κ2) is 10.9. The van der Waals surface area contributed by atoms with Gasteiger partial charge in [-0.25, -0.2) is 14.4 Å². The van der Waals surface area contributed by atoms with Crippen LogP contribution in [0.5, 0.6) is 0 Å². The van der Waals surface area contributed by atoms with Gasteiger partial charge in [-0.3, -0.25) is 4.79 Å². The number of hydrogen-bond donors (Lipinski definition) is 1. The van der Waals surface area contributed by atoms with E-state index in [1.54, 1.807) is 24.3 Å². The number of methoxy groups -OCH3 is 2. The number of anilines is 1. The Morgan fingerprint density at radius 1 is 0.900 bits per heavy atom. The molecule has 30 heavy (non-hydrogen) atoms. The molecule has 0 aromatic heterocycles. The predicted octanol–water partition coefficient (Wildman–Crippen LogP) is 3.13. The molecule has 9 heteroatoms. The lowest BCUT2D eigenvalue weighted by Gasteiger charge is -2.10. The van der Waals surface area contributed by atoms with Crippen molar-refractivity contribution >= 4 is 45.3 Å². The number of carbonyl (C=O) groups excluding carboxylic acids is 4. The van der Waals surface area contributed by atoms with E-state index in [0.717, 1.165) is 10.5 Å². The molecule has 0 radical (unpaired) electrons. The van der Waals surface area contributed by atoms with Crippen molar-refractivity contribution in [3.05, 3.63) is 75.9 Å². The van der Waals surface area contributed by atoms with E-state index in [0.29, 0.717) is 11.3 Å². The zero-order valence-corrected chi connectivity index (χ0v) is 17.7. The average Bonchev–Trinajstić information content (AvgIpc) is 2.77. The maximum Gasteiger partial charge on any atom is 0.354 e. The molecule has 8 nitrogen and oxygen atoms in total. The minimum atomic E-state index is -0.768. The molecule has 0 amide bonds. The van der Waals surface area contributed by atoms with Crippen molar-refractivity contribution in [3.8, 4) is 0 Å². The highest BCUT2D eigenvalue weighted by atomic mass is 79.9. The Bertz CT molecular complexity index is 966. The van der Waals surface area contributed by atoms with E-state index < -0.39 is 24.5 Å². The molecule has 0 saturated heterocycles. The van der Waals surface area contributed by atoms with Gasteiger partial charge in [-0.15, -0.1) is 0 Å². The maximum atomic E-state index is 12.2. The van der Waals surface area contributed by atoms with Crippen LogP contribution in [0.4, 0.5) is 5.69 Å². The van der Waals surface area contributed by atoms with Crippen molar-refractivity contribution in [1.82, 2.24) is 0 Å². The minimum absolute atomic E-state index is 0.139. The fourth-order valence-corrected chi connectivity index (χ4v) is 2.48. The number of nitrogens with one attached hydrogen (secondary N) is 1. The van der Waals surface area contributed by atoms with Gasteiger partial charge < -0.3 is 19.5 Å². The third kappa shape index (κ3) is 6.56. The average molecular weight is 476 g/mol. The van der Waals surface area contributed by atoms with Crippen LogP contribution in [0.15, 0.2) is 64.8 Å². The van der Waals surface area contributed by atoms with E-state index in [-0.39, 0.29) is 17.0 Å². The molecular formula is C21H18BrNO7. The molecule has 0 heterocycles. The normalized spacial score (nSPS) is 10.7. The van der Waals surface area contributed by atoms with E-state index in [4.69, 9.17) is 4.74 Å². The number of benzene rings is 2. The molecule has 0 spiro atoms. The van der Waals surface area contributed by atoms with Crippen molar-refractivity contribution in [2.45, 2.75) is 0 Å². The summed E-state index contributed by atoms with van der Waals surface area (Å²) in [7, 11) is 2.35. The van der Waals surface area contributed by atoms with E-state index in [9.17, 15) is 19.2 Å². The van der Waals surface area contributed by atoms with Crippen LogP contribution in [0.1, 0.15) is 20.7 Å². The summed E-state index contributed by atoms with van der Waals surface area (Å²) < 4.78 is 15.0. The van der Waals surface area contributed by atoms with Gasteiger partial charge in [0, 0.05) is 15.7 Å². The minimum Gasteiger partial charge on any atom is -0.466 e. The largest absolute Gasteiger partial charge is 0.466 e. The highest BCUT2D eigenvalue weighted by Crippen LogP contribution is 2.15. The molecule has 0 bridgehead atoms. The highest BCUT2D eigenvalue weighted by molar-refractivity contribution is 9.10. The second-order valence-electron chi connectivity index (χ2n) is 5.78. The lowest BCUT2D eigenvalue weighted by molar-refractivity contribution is -0.138. The van der Waals surface area contributed by atoms with Crippen LogP contribution in [-0.4, -0.2) is 44.5 Å². The van der Waals surface area contributed by atoms with Crippen LogP contribution in [0.25, 0.3) is 0 Å². The van der Waals surface area contributed by atoms with Gasteiger partial charge in [0.15, 0.2) is 12.4 Å². The standard InChI is InChI=1S/C21H18BrNO7/c1-28-19(25)11-17(21(27)29-2)23-16-9-5-14(6-10-16)20(26)30-12-18(24)13-3-7-15(22)8-4-13/h3-11,23H,12H2,1-2H3/b17-11+. The number of carbonyl (C=O) groups is 4. The third-order valence-corrected chi connectivity index (χ3v) is 4.30. The predicted molar refractivity (Wildman–Crippen MR) is 111 cm³/mol. The van der Waals surface area contributed by atoms with Crippen molar-refractivity contribution in [1.29, 1.82) is 0 Å². The van der Waals surface area contributed by atoms with Gasteiger partial charge in [-0.1, -0.05) is 28.1 Å². The van der Waals surface area contributed by atoms with E-state index >= 15 is 0 Å². The number of Topliss-reactive ketones (excluding diaryl/α,β-unsaturated/α-hetero) is 1. The van der Waals surface area contributed by atoms with Crippen LogP contribution < -0.4 is 5.32 Å². The van der Waals surface area contributed by atoms with Crippen LogP contribution in [0.2, 0.25) is 0 Å². The summed E-state index contributed by atoms with van der Waals surface area (Å²) in [6, 6.07) is 12.6. The van der Waals surface area contributed by atoms with E-state index in [1.165, 1.54) is 38.5 Å². The fourth-order valence-electron chi connectivity index (χ4n) is 2.21. The quantitative estimate of drug-likeness (QED) is 0.268. The van der Waals surface area contributed by atoms with Crippen LogP contribution >= 0.6 is 15.9 Å². The van der Waals surface area contributed by atoms with E-state index in [2.05, 4.69) is 30.7 Å². The third-order valence-electron chi connectivity index (χ3n) is 3.77. The molecule has 0 aliphatic heterocycles. The van der Waals surface area contributed by atoms with Gasteiger partial charge in [0.2, 0.25) is 0 Å². The zero-order valence-electron chi connectivity index (χ0n) is 16.1. The molecule has 0 saturated carbocycles. The van der Waals surface area contributed by atoms with Gasteiger partial charge in [-0.2, -0.15) is 0 Å². The smallest absolute Gasteiger partial charge is 0.354 e. The Hall–Kier alpha value is -3.46. The Labute approximate surface area is 180 Å². The number of halogens is 1. The molecule has 0 fully saturated rings. The number of esters is 3. The second-order valence-corrected chi connectivity index (χ2v) is 6.70. The van der Waals surface area contributed by atoms with Crippen molar-refractivity contribution < 1.29 is 33.4 Å². The summed E-state index contributed by atoms with van der Waals surface area (Å²) in [6.45, 7) is -0.394. The summed E-state index contributed by atoms with van der Waals surface area (Å²) in [5.74, 6) is -2.51. The lowest BCUT2D eigenvalue weighted by atomic mass is 10.1. The van der Waals surface area contributed by atoms with Crippen LogP contribution in [0, 0.1) is 0 Å². The fraction of sp³-hybridized carbons (Fsp3) is 0.143. The summed E-state index contributed by atoms with van der Waals surface area (Å²) in [4.78, 5) is 47.4. The Morgan fingerprint density at radius 3 is 2.07 bits per heavy atom. The number of ketones is 1. The summed E-state index contributed by atoms with van der Waals surface area (Å²) in [5, 5.41) is 2.71. The van der Waals surface area contributed by atoms with Gasteiger partial charge >= 0.3 is 17.9 Å². The first-order valence-corrected chi connectivity index (χ1v) is 9.34. The van der Waals surface area contributed by atoms with Crippen LogP contribution in [-0.2, 0) is 23.8 Å². The van der Waals surface area contributed by atoms with Crippen molar-refractivity contribution in [3.63, 3.8) is 0 Å². The number of hydrogen-bond acceptors (Lipinski definition) is 8. The SMILES string of the molecule is COC(=O)/C=C(/Nc1ccc(C(=O)OCC(=O)c2ccc(Br)cc2)cc1)C(=O)OC. The summed E-state index contributed by atoms with van der Waals surface area (Å²) >= 11 is 3.28. The maximum absolute atomic E-state index is 12.2. The van der Waals surface area contributed by atoms with E-state index in [1.807, 2.05) is 0 Å². The molecule has 156 valence electrons. The topological polar surface area (TPSA) is 108 Å². The molecule has 2 rings (SSSR count). The van der Waals surface area contributed by atoms with Gasteiger partial charge in [0.05, 0.1) is 25.9 Å². The van der Waals surface area contributed by atoms with Gasteiger partial charge in [0.1, 0.15) is 5.70 Å². The Balaban J connectivity index is 2.00. The first kappa shape index (κ1) is 22.8. The highest BCUT2D eigenvalue weighted by Gasteiger charge is 2.15. The molecule has 2 aromatic carbocycles. The molecule has 0 aliphatic carbocycles. The Kier molecular flexibility index (Phi) is 8.30. The first-order chi connectivity index (χ1) is 14.3. The summed E-state index contributed by atoms with van der Waals surface area (Å²) in [5.41, 5.74) is 0.914. The monoisotopic (exact) mass is 475 g/mol. The van der Waals surface area contributed by atoms with Crippen molar-refractivity contribution in [2.24, 2.45) is 0 Å². The first-order valence-electron chi connectivity index (χ1n) is 8.55. The van der Waals surface area contributed by atoms with Gasteiger partial charge in [0.25, 0.3) is 0 Å². The molecule has 0 unspecified atom stereocenters.